The van der Waals surface area contributed by atoms with E-state index < -0.39 is 0 Å². The standard InChI is InChI=1S/C14H26N2O2.C13H26N2O.CH4/c1-12(17)15-8-10-16(11-9-15)13(18)6-5-7-14(2,3)4;1-13(2,3)7-5-6-12(16)15-10-8-14(4)9-11-15;/h5-11H2,1-4H3;5-11H2,1-4H3;1H4. The molecule has 0 aromatic heterocycles. The van der Waals surface area contributed by atoms with Gasteiger partial charge in [0.25, 0.3) is 0 Å². The molecule has 35 heavy (non-hydrogen) atoms. The molecule has 0 saturated carbocycles. The Labute approximate surface area is 216 Å². The van der Waals surface area contributed by atoms with Crippen LogP contribution in [0.5, 0.6) is 0 Å². The van der Waals surface area contributed by atoms with Gasteiger partial charge in [-0.15, -0.1) is 0 Å². The minimum Gasteiger partial charge on any atom is -0.340 e. The maximum absolute atomic E-state index is 12.0. The highest BCUT2D eigenvalue weighted by molar-refractivity contribution is 5.77. The van der Waals surface area contributed by atoms with Crippen molar-refractivity contribution in [3.8, 4) is 0 Å². The molecular weight excluding hydrogens is 440 g/mol. The topological polar surface area (TPSA) is 64.2 Å². The van der Waals surface area contributed by atoms with Crippen LogP contribution < -0.4 is 0 Å². The normalized spacial score (nSPS) is 17.3. The third-order valence-corrected chi connectivity index (χ3v) is 6.57. The van der Waals surface area contributed by atoms with Gasteiger partial charge in [-0.3, -0.25) is 14.4 Å². The average Bonchev–Trinajstić information content (AvgIpc) is 2.73. The number of piperazine rings is 2. The molecule has 2 rings (SSSR count). The monoisotopic (exact) mass is 496 g/mol. The summed E-state index contributed by atoms with van der Waals surface area (Å²) < 4.78 is 0. The summed E-state index contributed by atoms with van der Waals surface area (Å²) in [6.07, 6.45) is 5.54. The Morgan fingerprint density at radius 1 is 0.600 bits per heavy atom. The van der Waals surface area contributed by atoms with Gasteiger partial charge in [0.15, 0.2) is 0 Å². The van der Waals surface area contributed by atoms with E-state index >= 15 is 0 Å². The number of hydrogen-bond donors (Lipinski definition) is 0. The van der Waals surface area contributed by atoms with Crippen molar-refractivity contribution < 1.29 is 14.4 Å². The van der Waals surface area contributed by atoms with Crippen molar-refractivity contribution in [2.24, 2.45) is 10.8 Å². The van der Waals surface area contributed by atoms with E-state index in [1.807, 2.05) is 9.80 Å². The van der Waals surface area contributed by atoms with Gasteiger partial charge in [-0.25, -0.2) is 0 Å². The molecule has 0 radical (unpaired) electrons. The lowest BCUT2D eigenvalue weighted by Crippen LogP contribution is -2.50. The molecule has 2 fully saturated rings. The molecular formula is C28H56N4O3. The second-order valence-electron chi connectivity index (χ2n) is 12.4. The lowest BCUT2D eigenvalue weighted by molar-refractivity contribution is -0.138. The fourth-order valence-electron chi connectivity index (χ4n) is 4.18. The maximum Gasteiger partial charge on any atom is 0.222 e. The first-order chi connectivity index (χ1) is 15.7. The summed E-state index contributed by atoms with van der Waals surface area (Å²) in [5.41, 5.74) is 0.649. The summed E-state index contributed by atoms with van der Waals surface area (Å²) in [5.74, 6) is 0.689. The highest BCUT2D eigenvalue weighted by atomic mass is 16.2. The van der Waals surface area contributed by atoms with E-state index in [1.165, 1.54) is 0 Å². The van der Waals surface area contributed by atoms with Crippen LogP contribution in [0.3, 0.4) is 0 Å². The molecule has 3 amide bonds. The van der Waals surface area contributed by atoms with Gasteiger partial charge in [-0.05, 0) is 43.6 Å². The largest absolute Gasteiger partial charge is 0.340 e. The minimum absolute atomic E-state index is 0. The van der Waals surface area contributed by atoms with Gasteiger partial charge in [0, 0.05) is 72.1 Å². The lowest BCUT2D eigenvalue weighted by atomic mass is 9.90. The molecule has 0 bridgehead atoms. The average molecular weight is 497 g/mol. The number of nitrogens with zero attached hydrogens (tertiary/aromatic N) is 4. The minimum atomic E-state index is 0. The van der Waals surface area contributed by atoms with E-state index in [2.05, 4.69) is 53.5 Å². The van der Waals surface area contributed by atoms with Crippen molar-refractivity contribution in [1.29, 1.82) is 0 Å². The van der Waals surface area contributed by atoms with Gasteiger partial charge in [0.1, 0.15) is 0 Å². The van der Waals surface area contributed by atoms with Crippen LogP contribution in [0.4, 0.5) is 0 Å². The molecule has 0 aromatic rings. The van der Waals surface area contributed by atoms with Crippen molar-refractivity contribution >= 4 is 17.7 Å². The van der Waals surface area contributed by atoms with Crippen LogP contribution in [0.1, 0.15) is 94.4 Å². The summed E-state index contributed by atoms with van der Waals surface area (Å²) in [5, 5.41) is 0. The van der Waals surface area contributed by atoms with Crippen molar-refractivity contribution in [3.05, 3.63) is 0 Å². The molecule has 0 aromatic carbocycles. The van der Waals surface area contributed by atoms with E-state index in [0.717, 1.165) is 58.3 Å². The van der Waals surface area contributed by atoms with Gasteiger partial charge in [-0.1, -0.05) is 49.0 Å². The summed E-state index contributed by atoms with van der Waals surface area (Å²) in [7, 11) is 2.11. The molecule has 2 aliphatic heterocycles. The lowest BCUT2D eigenvalue weighted by Gasteiger charge is -2.34. The molecule has 0 atom stereocenters. The van der Waals surface area contributed by atoms with Crippen molar-refractivity contribution in [2.75, 3.05) is 59.4 Å². The quantitative estimate of drug-likeness (QED) is 0.543. The second-order valence-corrected chi connectivity index (χ2v) is 12.4. The number of amides is 3. The van der Waals surface area contributed by atoms with Gasteiger partial charge in [0.2, 0.25) is 17.7 Å². The molecule has 7 nitrogen and oxygen atoms in total. The first-order valence-electron chi connectivity index (χ1n) is 13.2. The Balaban J connectivity index is 0.000000646. The van der Waals surface area contributed by atoms with Crippen LogP contribution in [-0.2, 0) is 14.4 Å². The molecule has 0 spiro atoms. The van der Waals surface area contributed by atoms with Gasteiger partial charge >= 0.3 is 0 Å². The smallest absolute Gasteiger partial charge is 0.222 e. The van der Waals surface area contributed by atoms with Crippen LogP contribution in [0.2, 0.25) is 0 Å². The Bertz CT molecular complexity index is 636. The van der Waals surface area contributed by atoms with Crippen LogP contribution >= 0.6 is 0 Å². The fourth-order valence-corrected chi connectivity index (χ4v) is 4.18. The molecule has 0 unspecified atom stereocenters. The molecule has 0 N–H and O–H groups in total. The van der Waals surface area contributed by atoms with Crippen LogP contribution in [0, 0.1) is 10.8 Å². The number of carbonyl (C=O) groups is 3. The number of hydrogen-bond acceptors (Lipinski definition) is 4. The van der Waals surface area contributed by atoms with E-state index in [4.69, 9.17) is 0 Å². The molecule has 7 heteroatoms. The zero-order valence-corrected chi connectivity index (χ0v) is 23.4. The van der Waals surface area contributed by atoms with Gasteiger partial charge in [-0.2, -0.15) is 0 Å². The third-order valence-electron chi connectivity index (χ3n) is 6.57. The zero-order chi connectivity index (χ0) is 25.9. The maximum atomic E-state index is 12.0. The Morgan fingerprint density at radius 3 is 1.23 bits per heavy atom. The Morgan fingerprint density at radius 2 is 0.914 bits per heavy atom. The molecule has 0 aliphatic carbocycles. The highest BCUT2D eigenvalue weighted by Gasteiger charge is 2.22. The Kier molecular flexibility index (Phi) is 14.8. The predicted octanol–water partition coefficient (Wildman–Crippen LogP) is 4.51. The number of rotatable bonds is 6. The number of carbonyl (C=O) groups excluding carboxylic acids is 3. The second kappa shape index (κ2) is 15.5. The van der Waals surface area contributed by atoms with E-state index in [1.54, 1.807) is 11.8 Å². The van der Waals surface area contributed by atoms with E-state index in [9.17, 15) is 14.4 Å². The fraction of sp³-hybridized carbons (Fsp3) is 0.893. The molecule has 2 heterocycles. The first kappa shape index (κ1) is 33.4. The van der Waals surface area contributed by atoms with Crippen molar-refractivity contribution in [2.45, 2.75) is 94.4 Å². The van der Waals surface area contributed by atoms with E-state index in [-0.39, 0.29) is 19.2 Å². The number of likely N-dealkylation sites (N-methyl/N-ethyl adjacent to an activating group) is 1. The SMILES string of the molecule is C.CC(=O)N1CCN(C(=O)CCCC(C)(C)C)CC1.CN1CCN(C(=O)CCCC(C)(C)C)CC1. The van der Waals surface area contributed by atoms with E-state index in [0.29, 0.717) is 49.3 Å². The molecule has 2 saturated heterocycles. The summed E-state index contributed by atoms with van der Waals surface area (Å²) in [6.45, 7) is 21.5. The highest BCUT2D eigenvalue weighted by Crippen LogP contribution is 2.22. The zero-order valence-electron chi connectivity index (χ0n) is 23.4. The summed E-state index contributed by atoms with van der Waals surface area (Å²) in [4.78, 5) is 43.0. The van der Waals surface area contributed by atoms with Gasteiger partial charge < -0.3 is 19.6 Å². The van der Waals surface area contributed by atoms with Crippen molar-refractivity contribution in [3.63, 3.8) is 0 Å². The van der Waals surface area contributed by atoms with Crippen molar-refractivity contribution in [1.82, 2.24) is 19.6 Å². The summed E-state index contributed by atoms with van der Waals surface area (Å²) in [6, 6.07) is 0. The molecule has 2 aliphatic rings. The summed E-state index contributed by atoms with van der Waals surface area (Å²) >= 11 is 0. The predicted molar refractivity (Wildman–Crippen MR) is 146 cm³/mol. The third kappa shape index (κ3) is 15.2. The first-order valence-corrected chi connectivity index (χ1v) is 13.2. The molecule has 206 valence electrons. The van der Waals surface area contributed by atoms with Crippen LogP contribution in [-0.4, -0.2) is 96.7 Å². The van der Waals surface area contributed by atoms with Crippen LogP contribution in [0.25, 0.3) is 0 Å². The van der Waals surface area contributed by atoms with Gasteiger partial charge in [0.05, 0.1) is 0 Å². The van der Waals surface area contributed by atoms with Crippen LogP contribution in [0.15, 0.2) is 0 Å². The Hall–Kier alpha value is -1.63.